The van der Waals surface area contributed by atoms with Gasteiger partial charge in [0.25, 0.3) is 5.91 Å². The van der Waals surface area contributed by atoms with Crippen LogP contribution in [0.25, 0.3) is 0 Å². The molecule has 0 aromatic carbocycles. The van der Waals surface area contributed by atoms with Crippen molar-refractivity contribution in [2.24, 2.45) is 0 Å². The summed E-state index contributed by atoms with van der Waals surface area (Å²) in [6.07, 6.45) is -0.895. The average molecular weight is 325 g/mol. The van der Waals surface area contributed by atoms with E-state index in [1.807, 2.05) is 0 Å². The molecule has 1 aliphatic heterocycles. The third-order valence-electron chi connectivity index (χ3n) is 2.94. The number of aliphatic hydroxyl groups is 2. The van der Waals surface area contributed by atoms with Gasteiger partial charge >= 0.3 is 0 Å². The van der Waals surface area contributed by atoms with Gasteiger partial charge in [-0.2, -0.15) is 0 Å². The normalized spacial score (nSPS) is 24.0. The fraction of sp³-hybridized carbons (Fsp3) is 0.385. The van der Waals surface area contributed by atoms with E-state index in [-0.39, 0.29) is 6.42 Å². The minimum absolute atomic E-state index is 0.244. The zero-order valence-electron chi connectivity index (χ0n) is 10.3. The predicted octanol–water partition coefficient (Wildman–Crippen LogP) is 0.474. The minimum Gasteiger partial charge on any atom is -0.374 e. The first-order chi connectivity index (χ1) is 8.92. The van der Waals surface area contributed by atoms with E-state index in [2.05, 4.69) is 32.8 Å². The highest BCUT2D eigenvalue weighted by molar-refractivity contribution is 9.10. The molecule has 2 atom stereocenters. The van der Waals surface area contributed by atoms with Gasteiger partial charge in [0.05, 0.1) is 5.69 Å². The molecule has 0 aliphatic carbocycles. The molecular formula is C13H13BrN2O3. The van der Waals surface area contributed by atoms with Gasteiger partial charge < -0.3 is 15.1 Å². The van der Waals surface area contributed by atoms with Gasteiger partial charge in [0.15, 0.2) is 6.10 Å². The highest BCUT2D eigenvalue weighted by Crippen LogP contribution is 2.21. The van der Waals surface area contributed by atoms with Crippen molar-refractivity contribution in [3.05, 3.63) is 28.5 Å². The van der Waals surface area contributed by atoms with Crippen molar-refractivity contribution in [1.82, 2.24) is 9.88 Å². The lowest BCUT2D eigenvalue weighted by Gasteiger charge is -2.13. The molecule has 2 rings (SSSR count). The molecule has 1 unspecified atom stereocenters. The summed E-state index contributed by atoms with van der Waals surface area (Å²) in [7, 11) is 1.61. The summed E-state index contributed by atoms with van der Waals surface area (Å²) in [5.41, 5.74) is -1.33. The molecule has 1 saturated heterocycles. The van der Waals surface area contributed by atoms with Crippen molar-refractivity contribution < 1.29 is 15.0 Å². The van der Waals surface area contributed by atoms with E-state index in [0.29, 0.717) is 16.8 Å². The molecular weight excluding hydrogens is 312 g/mol. The Bertz CT molecular complexity index is 566. The molecule has 1 aromatic rings. The first-order valence-electron chi connectivity index (χ1n) is 5.73. The Morgan fingerprint density at radius 3 is 2.89 bits per heavy atom. The number of halogens is 1. The topological polar surface area (TPSA) is 73.7 Å². The summed E-state index contributed by atoms with van der Waals surface area (Å²) in [5, 5.41) is 20.0. The van der Waals surface area contributed by atoms with Gasteiger partial charge in [0.1, 0.15) is 4.60 Å². The van der Waals surface area contributed by atoms with Crippen molar-refractivity contribution in [3.63, 3.8) is 0 Å². The van der Waals surface area contributed by atoms with Crippen LogP contribution in [0.3, 0.4) is 0 Å². The maximum absolute atomic E-state index is 11.7. The second-order valence-corrected chi connectivity index (χ2v) is 5.21. The van der Waals surface area contributed by atoms with Gasteiger partial charge in [0, 0.05) is 20.0 Å². The van der Waals surface area contributed by atoms with Gasteiger partial charge in [-0.25, -0.2) is 4.98 Å². The Morgan fingerprint density at radius 2 is 2.32 bits per heavy atom. The average Bonchev–Trinajstić information content (AvgIpc) is 2.65. The Hall–Kier alpha value is -1.42. The van der Waals surface area contributed by atoms with E-state index in [4.69, 9.17) is 0 Å². The summed E-state index contributed by atoms with van der Waals surface area (Å²) >= 11 is 3.20. The highest BCUT2D eigenvalue weighted by atomic mass is 79.9. The fourth-order valence-corrected chi connectivity index (χ4v) is 2.17. The molecule has 0 bridgehead atoms. The van der Waals surface area contributed by atoms with Crippen molar-refractivity contribution in [2.45, 2.75) is 18.1 Å². The summed E-state index contributed by atoms with van der Waals surface area (Å²) in [4.78, 5) is 17.2. The van der Waals surface area contributed by atoms with Crippen LogP contribution >= 0.6 is 15.9 Å². The molecule has 0 saturated carbocycles. The molecule has 5 nitrogen and oxygen atoms in total. The van der Waals surface area contributed by atoms with Crippen LogP contribution in [0.5, 0.6) is 0 Å². The number of hydrogen-bond donors (Lipinski definition) is 2. The lowest BCUT2D eigenvalue weighted by molar-refractivity contribution is -0.137. The van der Waals surface area contributed by atoms with E-state index < -0.39 is 17.6 Å². The summed E-state index contributed by atoms with van der Waals surface area (Å²) < 4.78 is 0.584. The lowest BCUT2D eigenvalue weighted by Crippen LogP contribution is -2.37. The summed E-state index contributed by atoms with van der Waals surface area (Å²) in [6, 6.07) is 5.07. The van der Waals surface area contributed by atoms with Gasteiger partial charge in [-0.3, -0.25) is 4.79 Å². The Kier molecular flexibility index (Phi) is 3.90. The second kappa shape index (κ2) is 5.29. The van der Waals surface area contributed by atoms with Gasteiger partial charge in [-0.15, -0.1) is 0 Å². The Balaban J connectivity index is 2.18. The largest absolute Gasteiger partial charge is 0.374 e. The summed E-state index contributed by atoms with van der Waals surface area (Å²) in [5.74, 6) is 4.51. The van der Waals surface area contributed by atoms with Crippen LogP contribution in [0.1, 0.15) is 18.2 Å². The number of nitrogens with zero attached hydrogens (tertiary/aromatic N) is 2. The van der Waals surface area contributed by atoms with Crippen LogP contribution in [0.2, 0.25) is 0 Å². The Labute approximate surface area is 119 Å². The predicted molar refractivity (Wildman–Crippen MR) is 71.9 cm³/mol. The number of likely N-dealkylation sites (tertiary alicyclic amines) is 1. The van der Waals surface area contributed by atoms with E-state index >= 15 is 0 Å². The molecule has 0 radical (unpaired) electrons. The number of pyridine rings is 1. The molecule has 0 spiro atoms. The first kappa shape index (κ1) is 14.0. The molecule has 100 valence electrons. The third-order valence-corrected chi connectivity index (χ3v) is 3.38. The minimum atomic E-state index is -1.69. The van der Waals surface area contributed by atoms with Crippen molar-refractivity contribution in [2.75, 3.05) is 13.6 Å². The van der Waals surface area contributed by atoms with Crippen molar-refractivity contribution >= 4 is 21.8 Å². The number of carbonyl (C=O) groups excluding carboxylic acids is 1. The zero-order chi connectivity index (χ0) is 14.0. The third kappa shape index (κ3) is 2.95. The molecule has 1 fully saturated rings. The van der Waals surface area contributed by atoms with Gasteiger partial charge in [-0.1, -0.05) is 17.9 Å². The quantitative estimate of drug-likeness (QED) is 0.582. The lowest BCUT2D eigenvalue weighted by atomic mass is 10.0. The smallest absolute Gasteiger partial charge is 0.267 e. The van der Waals surface area contributed by atoms with Gasteiger partial charge in [0.2, 0.25) is 5.60 Å². The standard InChI is InChI=1S/C13H13BrN2O3/c1-16-8-7-13(19,12(16)18)6-5-10(17)9-3-2-4-11(14)15-9/h2-4,10,17,19H,7-8H2,1H3/t10?,13-/m0/s1. The van der Waals surface area contributed by atoms with Crippen LogP contribution < -0.4 is 0 Å². The van der Waals surface area contributed by atoms with Crippen LogP contribution in [0, 0.1) is 11.8 Å². The number of aromatic nitrogens is 1. The number of carbonyl (C=O) groups is 1. The maximum Gasteiger partial charge on any atom is 0.267 e. The molecule has 1 aromatic heterocycles. The van der Waals surface area contributed by atoms with Crippen molar-refractivity contribution in [3.8, 4) is 11.8 Å². The van der Waals surface area contributed by atoms with Crippen LogP contribution in [-0.4, -0.2) is 45.2 Å². The van der Waals surface area contributed by atoms with E-state index in [9.17, 15) is 15.0 Å². The first-order valence-corrected chi connectivity index (χ1v) is 6.53. The van der Waals surface area contributed by atoms with Crippen LogP contribution in [0.4, 0.5) is 0 Å². The number of amides is 1. The van der Waals surface area contributed by atoms with Crippen molar-refractivity contribution in [1.29, 1.82) is 0 Å². The Morgan fingerprint density at radius 1 is 1.58 bits per heavy atom. The SMILES string of the molecule is CN1CC[C@@](O)(C#CC(O)c2cccc(Br)n2)C1=O. The maximum atomic E-state index is 11.7. The number of rotatable bonds is 1. The molecule has 19 heavy (non-hydrogen) atoms. The zero-order valence-corrected chi connectivity index (χ0v) is 11.9. The fourth-order valence-electron chi connectivity index (χ4n) is 1.81. The second-order valence-electron chi connectivity index (χ2n) is 4.39. The molecule has 1 amide bonds. The van der Waals surface area contributed by atoms with E-state index in [1.165, 1.54) is 4.90 Å². The number of likely N-dealkylation sites (N-methyl/N-ethyl adjacent to an activating group) is 1. The number of aliphatic hydroxyl groups excluding tert-OH is 1. The van der Waals surface area contributed by atoms with Crippen LogP contribution in [-0.2, 0) is 4.79 Å². The van der Waals surface area contributed by atoms with E-state index in [0.717, 1.165) is 0 Å². The molecule has 2 N–H and O–H groups in total. The molecule has 1 aliphatic rings. The van der Waals surface area contributed by atoms with Gasteiger partial charge in [-0.05, 0) is 28.1 Å². The highest BCUT2D eigenvalue weighted by Gasteiger charge is 2.42. The molecule has 6 heteroatoms. The molecule has 2 heterocycles. The summed E-state index contributed by atoms with van der Waals surface area (Å²) in [6.45, 7) is 0.454. The van der Waals surface area contributed by atoms with Crippen LogP contribution in [0.15, 0.2) is 22.8 Å². The monoisotopic (exact) mass is 324 g/mol. The van der Waals surface area contributed by atoms with E-state index in [1.54, 1.807) is 25.2 Å². The number of hydrogen-bond acceptors (Lipinski definition) is 4.